The standard InChI is InChI=1S/C23H15BrClNO3/c24-16-10-6-14(7-11-16)20-19(21(27)15-8-12-17(25)13-9-15)22(28)23(29)26(20)18-4-2-1-3-5-18/h1-13,20,27H. The second kappa shape index (κ2) is 7.85. The molecule has 6 heteroatoms. The average molecular weight is 469 g/mol. The summed E-state index contributed by atoms with van der Waals surface area (Å²) in [7, 11) is 0. The van der Waals surface area contributed by atoms with Crippen LogP contribution in [-0.4, -0.2) is 16.8 Å². The van der Waals surface area contributed by atoms with E-state index < -0.39 is 17.7 Å². The van der Waals surface area contributed by atoms with Crippen LogP contribution >= 0.6 is 27.5 Å². The van der Waals surface area contributed by atoms with Crippen molar-refractivity contribution in [1.82, 2.24) is 0 Å². The molecule has 0 spiro atoms. The molecule has 4 nitrogen and oxygen atoms in total. The fraction of sp³-hybridized carbons (Fsp3) is 0.0435. The Morgan fingerprint density at radius 1 is 0.897 bits per heavy atom. The normalized spacial score (nSPS) is 18.3. The predicted molar refractivity (Wildman–Crippen MR) is 117 cm³/mol. The summed E-state index contributed by atoms with van der Waals surface area (Å²) in [6.45, 7) is 0. The summed E-state index contributed by atoms with van der Waals surface area (Å²) >= 11 is 9.34. The molecule has 144 valence electrons. The zero-order valence-electron chi connectivity index (χ0n) is 15.0. The molecule has 3 aromatic carbocycles. The number of para-hydroxylation sites is 1. The monoisotopic (exact) mass is 467 g/mol. The Balaban J connectivity index is 1.94. The van der Waals surface area contributed by atoms with E-state index in [1.165, 1.54) is 4.90 Å². The van der Waals surface area contributed by atoms with Crippen molar-refractivity contribution in [3.05, 3.63) is 105 Å². The van der Waals surface area contributed by atoms with Gasteiger partial charge in [-0.3, -0.25) is 14.5 Å². The summed E-state index contributed by atoms with van der Waals surface area (Å²) in [4.78, 5) is 27.4. The fourth-order valence-corrected chi connectivity index (χ4v) is 3.80. The van der Waals surface area contributed by atoms with Crippen molar-refractivity contribution >= 4 is 50.7 Å². The van der Waals surface area contributed by atoms with E-state index in [-0.39, 0.29) is 11.3 Å². The maximum absolute atomic E-state index is 13.0. The molecule has 0 radical (unpaired) electrons. The summed E-state index contributed by atoms with van der Waals surface area (Å²) in [5.41, 5.74) is 1.76. The van der Waals surface area contributed by atoms with Crippen LogP contribution in [0.25, 0.3) is 5.76 Å². The predicted octanol–water partition coefficient (Wildman–Crippen LogP) is 5.73. The van der Waals surface area contributed by atoms with Crippen LogP contribution in [0.2, 0.25) is 5.02 Å². The third-order valence-electron chi connectivity index (χ3n) is 4.78. The highest BCUT2D eigenvalue weighted by molar-refractivity contribution is 9.10. The lowest BCUT2D eigenvalue weighted by Gasteiger charge is -2.25. The minimum atomic E-state index is -0.749. The Morgan fingerprint density at radius 2 is 1.52 bits per heavy atom. The van der Waals surface area contributed by atoms with E-state index >= 15 is 0 Å². The van der Waals surface area contributed by atoms with Gasteiger partial charge in [-0.15, -0.1) is 0 Å². The van der Waals surface area contributed by atoms with Crippen LogP contribution in [-0.2, 0) is 9.59 Å². The van der Waals surface area contributed by atoms with Crippen LogP contribution in [0.4, 0.5) is 5.69 Å². The lowest BCUT2D eigenvalue weighted by atomic mass is 9.95. The molecule has 0 saturated carbocycles. The second-order valence-electron chi connectivity index (χ2n) is 6.56. The first-order chi connectivity index (χ1) is 14.0. The smallest absolute Gasteiger partial charge is 0.300 e. The summed E-state index contributed by atoms with van der Waals surface area (Å²) in [6.07, 6.45) is 0. The molecule has 4 rings (SSSR count). The number of Topliss-reactive ketones (excluding diaryl/α,β-unsaturated/α-hetero) is 1. The Hall–Kier alpha value is -2.89. The Kier molecular flexibility index (Phi) is 5.26. The zero-order valence-corrected chi connectivity index (χ0v) is 17.4. The van der Waals surface area contributed by atoms with Crippen molar-refractivity contribution < 1.29 is 14.7 Å². The molecule has 1 fully saturated rings. The molecule has 1 unspecified atom stereocenters. The van der Waals surface area contributed by atoms with Gasteiger partial charge in [0.2, 0.25) is 0 Å². The summed E-state index contributed by atoms with van der Waals surface area (Å²) in [5, 5.41) is 11.5. The molecule has 1 atom stereocenters. The van der Waals surface area contributed by atoms with Gasteiger partial charge in [0.1, 0.15) is 5.76 Å². The molecule has 3 aromatic rings. The highest BCUT2D eigenvalue weighted by Crippen LogP contribution is 2.42. The van der Waals surface area contributed by atoms with Crippen molar-refractivity contribution in [2.45, 2.75) is 6.04 Å². The number of halogens is 2. The van der Waals surface area contributed by atoms with Gasteiger partial charge in [0, 0.05) is 20.7 Å². The summed E-state index contributed by atoms with van der Waals surface area (Å²) < 4.78 is 0.871. The number of ketones is 1. The number of carbonyl (C=O) groups is 2. The topological polar surface area (TPSA) is 57.6 Å². The average Bonchev–Trinajstić information content (AvgIpc) is 3.00. The van der Waals surface area contributed by atoms with E-state index in [0.29, 0.717) is 21.8 Å². The van der Waals surface area contributed by atoms with Crippen molar-refractivity contribution in [1.29, 1.82) is 0 Å². The molecule has 1 amide bonds. The molecule has 1 N–H and O–H groups in total. The molecule has 1 aliphatic heterocycles. The summed E-state index contributed by atoms with van der Waals surface area (Å²) in [6, 6.07) is 22.0. The molecule has 0 aliphatic carbocycles. The van der Waals surface area contributed by atoms with E-state index in [1.54, 1.807) is 48.5 Å². The highest BCUT2D eigenvalue weighted by atomic mass is 79.9. The summed E-state index contributed by atoms with van der Waals surface area (Å²) in [5.74, 6) is -1.64. The maximum Gasteiger partial charge on any atom is 0.300 e. The molecule has 1 saturated heterocycles. The van der Waals surface area contributed by atoms with Crippen LogP contribution in [0, 0.1) is 0 Å². The molecule has 1 aliphatic rings. The SMILES string of the molecule is O=C1C(=O)N(c2ccccc2)C(c2ccc(Br)cc2)C1=C(O)c1ccc(Cl)cc1. The molecule has 1 heterocycles. The fourth-order valence-electron chi connectivity index (χ4n) is 3.41. The number of rotatable bonds is 3. The van der Waals surface area contributed by atoms with E-state index in [4.69, 9.17) is 11.6 Å². The number of amides is 1. The number of aliphatic hydroxyl groups is 1. The van der Waals surface area contributed by atoms with E-state index in [9.17, 15) is 14.7 Å². The minimum Gasteiger partial charge on any atom is -0.507 e. The Bertz CT molecular complexity index is 1110. The van der Waals surface area contributed by atoms with Gasteiger partial charge >= 0.3 is 0 Å². The number of benzene rings is 3. The van der Waals surface area contributed by atoms with Crippen LogP contribution in [0.1, 0.15) is 17.2 Å². The molecule has 29 heavy (non-hydrogen) atoms. The van der Waals surface area contributed by atoms with E-state index in [1.807, 2.05) is 30.3 Å². The van der Waals surface area contributed by atoms with Crippen molar-refractivity contribution in [2.24, 2.45) is 0 Å². The lowest BCUT2D eigenvalue weighted by molar-refractivity contribution is -0.132. The van der Waals surface area contributed by atoms with Crippen molar-refractivity contribution in [3.8, 4) is 0 Å². The van der Waals surface area contributed by atoms with Gasteiger partial charge in [-0.25, -0.2) is 0 Å². The number of hydrogen-bond acceptors (Lipinski definition) is 3. The number of hydrogen-bond donors (Lipinski definition) is 1. The van der Waals surface area contributed by atoms with Crippen LogP contribution in [0.5, 0.6) is 0 Å². The van der Waals surface area contributed by atoms with E-state index in [0.717, 1.165) is 4.47 Å². The number of aliphatic hydroxyl groups excluding tert-OH is 1. The number of carbonyl (C=O) groups excluding carboxylic acids is 2. The van der Waals surface area contributed by atoms with Crippen LogP contribution in [0.3, 0.4) is 0 Å². The minimum absolute atomic E-state index is 0.0449. The first-order valence-corrected chi connectivity index (χ1v) is 10.0. The van der Waals surface area contributed by atoms with Crippen molar-refractivity contribution in [2.75, 3.05) is 4.90 Å². The van der Waals surface area contributed by atoms with E-state index in [2.05, 4.69) is 15.9 Å². The van der Waals surface area contributed by atoms with Gasteiger partial charge < -0.3 is 5.11 Å². The second-order valence-corrected chi connectivity index (χ2v) is 7.92. The highest BCUT2D eigenvalue weighted by Gasteiger charge is 2.46. The zero-order chi connectivity index (χ0) is 20.5. The van der Waals surface area contributed by atoms with Crippen LogP contribution < -0.4 is 4.90 Å². The number of nitrogens with zero attached hydrogens (tertiary/aromatic N) is 1. The molecule has 0 aromatic heterocycles. The van der Waals surface area contributed by atoms with Gasteiger partial charge in [0.25, 0.3) is 11.7 Å². The van der Waals surface area contributed by atoms with Crippen molar-refractivity contribution in [3.63, 3.8) is 0 Å². The molecular weight excluding hydrogens is 454 g/mol. The third-order valence-corrected chi connectivity index (χ3v) is 5.56. The van der Waals surface area contributed by atoms with Gasteiger partial charge in [0.15, 0.2) is 0 Å². The van der Waals surface area contributed by atoms with Gasteiger partial charge in [-0.05, 0) is 54.1 Å². The largest absolute Gasteiger partial charge is 0.507 e. The molecule has 0 bridgehead atoms. The lowest BCUT2D eigenvalue weighted by Crippen LogP contribution is -2.29. The van der Waals surface area contributed by atoms with Gasteiger partial charge in [0.05, 0.1) is 11.6 Å². The van der Waals surface area contributed by atoms with Gasteiger partial charge in [-0.2, -0.15) is 0 Å². The third kappa shape index (κ3) is 3.59. The first kappa shape index (κ1) is 19.4. The van der Waals surface area contributed by atoms with Crippen LogP contribution in [0.15, 0.2) is 88.9 Å². The van der Waals surface area contributed by atoms with Gasteiger partial charge in [-0.1, -0.05) is 57.9 Å². The maximum atomic E-state index is 13.0. The number of anilines is 1. The Morgan fingerprint density at radius 3 is 2.14 bits per heavy atom. The Labute approximate surface area is 181 Å². The quantitative estimate of drug-likeness (QED) is 0.303. The molecular formula is C23H15BrClNO3. The first-order valence-electron chi connectivity index (χ1n) is 8.85.